The molecule has 30 heavy (non-hydrogen) atoms. The molecular weight excluding hydrogens is 501 g/mol. The van der Waals surface area contributed by atoms with Gasteiger partial charge >= 0.3 is 0 Å². The van der Waals surface area contributed by atoms with Gasteiger partial charge in [-0.05, 0) is 64.9 Å². The minimum Gasteiger partial charge on any atom is -0.493 e. The molecule has 9 heteroatoms. The van der Waals surface area contributed by atoms with Gasteiger partial charge in [-0.2, -0.15) is 5.26 Å². The molecule has 0 fully saturated rings. The molecule has 1 amide bonds. The molecule has 0 radical (unpaired) electrons. The first-order chi connectivity index (χ1) is 14.3. The average molecular weight is 519 g/mol. The first-order valence-corrected chi connectivity index (χ1v) is 9.68. The number of ether oxygens (including phenoxy) is 2. The van der Waals surface area contributed by atoms with E-state index in [0.29, 0.717) is 32.8 Å². The highest BCUT2D eigenvalue weighted by Gasteiger charge is 2.19. The van der Waals surface area contributed by atoms with Crippen LogP contribution in [0.4, 0.5) is 11.4 Å². The second-order valence-electron chi connectivity index (χ2n) is 6.04. The molecule has 0 atom stereocenters. The van der Waals surface area contributed by atoms with Crippen molar-refractivity contribution in [2.24, 2.45) is 0 Å². The van der Waals surface area contributed by atoms with Crippen LogP contribution in [0.1, 0.15) is 11.1 Å². The molecule has 0 spiro atoms. The number of nitrogens with zero attached hydrogens (tertiary/aromatic N) is 2. The third-order valence-corrected chi connectivity index (χ3v) is 4.67. The highest BCUT2D eigenvalue weighted by molar-refractivity contribution is 14.1. The Labute approximate surface area is 187 Å². The summed E-state index contributed by atoms with van der Waals surface area (Å²) in [5.41, 5.74) is 0.753. The zero-order valence-electron chi connectivity index (χ0n) is 16.3. The Morgan fingerprint density at radius 2 is 2.13 bits per heavy atom. The molecule has 1 N–H and O–H groups in total. The van der Waals surface area contributed by atoms with Crippen LogP contribution >= 0.6 is 22.6 Å². The van der Waals surface area contributed by atoms with Gasteiger partial charge in [-0.1, -0.05) is 18.7 Å². The molecule has 0 aliphatic heterocycles. The van der Waals surface area contributed by atoms with Crippen molar-refractivity contribution in [3.8, 4) is 17.6 Å². The SMILES string of the molecule is C=CCOc1c(I)cc(/C=C(\C#N)C(=O)Nc2ccc(C)cc2[N+](=O)[O-])cc1OC. The number of hydrogen-bond donors (Lipinski definition) is 1. The molecule has 0 unspecified atom stereocenters. The van der Waals surface area contributed by atoms with E-state index in [4.69, 9.17) is 9.47 Å². The van der Waals surface area contributed by atoms with Crippen LogP contribution in [0.5, 0.6) is 11.5 Å². The summed E-state index contributed by atoms with van der Waals surface area (Å²) >= 11 is 2.06. The fraction of sp³-hybridized carbons (Fsp3) is 0.143. The average Bonchev–Trinajstić information content (AvgIpc) is 2.71. The highest BCUT2D eigenvalue weighted by atomic mass is 127. The molecule has 2 rings (SSSR count). The van der Waals surface area contributed by atoms with Crippen molar-refractivity contribution in [3.05, 3.63) is 73.4 Å². The molecule has 0 saturated carbocycles. The number of nitrogens with one attached hydrogen (secondary N) is 1. The highest BCUT2D eigenvalue weighted by Crippen LogP contribution is 2.34. The number of aryl methyl sites for hydroxylation is 1. The van der Waals surface area contributed by atoms with E-state index in [0.717, 1.165) is 0 Å². The van der Waals surface area contributed by atoms with Crippen LogP contribution in [0.2, 0.25) is 0 Å². The van der Waals surface area contributed by atoms with Gasteiger partial charge in [-0.25, -0.2) is 0 Å². The number of hydrogen-bond acceptors (Lipinski definition) is 6. The molecule has 2 aromatic rings. The Balaban J connectivity index is 2.37. The largest absolute Gasteiger partial charge is 0.493 e. The van der Waals surface area contributed by atoms with E-state index in [-0.39, 0.29) is 16.9 Å². The summed E-state index contributed by atoms with van der Waals surface area (Å²) in [5.74, 6) is 0.195. The van der Waals surface area contributed by atoms with Gasteiger partial charge in [0.15, 0.2) is 11.5 Å². The first-order valence-electron chi connectivity index (χ1n) is 8.60. The van der Waals surface area contributed by atoms with Crippen molar-refractivity contribution in [1.29, 1.82) is 5.26 Å². The lowest BCUT2D eigenvalue weighted by atomic mass is 10.1. The number of methoxy groups -OCH3 is 1. The zero-order valence-corrected chi connectivity index (χ0v) is 18.4. The summed E-state index contributed by atoms with van der Waals surface area (Å²) in [6.45, 7) is 5.60. The van der Waals surface area contributed by atoms with Crippen LogP contribution in [0.3, 0.4) is 0 Å². The van der Waals surface area contributed by atoms with E-state index >= 15 is 0 Å². The van der Waals surface area contributed by atoms with E-state index in [1.807, 2.05) is 6.07 Å². The Bertz CT molecular complexity index is 1070. The van der Waals surface area contributed by atoms with E-state index in [9.17, 15) is 20.2 Å². The Kier molecular flexibility index (Phi) is 7.94. The molecule has 0 aliphatic rings. The predicted molar refractivity (Wildman–Crippen MR) is 121 cm³/mol. The number of carbonyl (C=O) groups is 1. The lowest BCUT2D eigenvalue weighted by Crippen LogP contribution is -2.14. The number of benzene rings is 2. The number of nitro benzene ring substituents is 1. The summed E-state index contributed by atoms with van der Waals surface area (Å²) in [6, 6.07) is 9.58. The monoisotopic (exact) mass is 519 g/mol. The molecule has 0 saturated heterocycles. The van der Waals surface area contributed by atoms with Gasteiger partial charge < -0.3 is 14.8 Å². The van der Waals surface area contributed by atoms with Crippen LogP contribution in [-0.4, -0.2) is 24.5 Å². The summed E-state index contributed by atoms with van der Waals surface area (Å²) in [6.07, 6.45) is 2.98. The minimum atomic E-state index is -0.759. The van der Waals surface area contributed by atoms with Crippen LogP contribution in [0, 0.1) is 31.9 Å². The molecule has 8 nitrogen and oxygen atoms in total. The van der Waals surface area contributed by atoms with Gasteiger partial charge in [0.1, 0.15) is 23.9 Å². The maximum atomic E-state index is 12.6. The van der Waals surface area contributed by atoms with Gasteiger partial charge in [-0.15, -0.1) is 0 Å². The van der Waals surface area contributed by atoms with Crippen molar-refractivity contribution in [1.82, 2.24) is 0 Å². The normalized spacial score (nSPS) is 10.7. The van der Waals surface area contributed by atoms with Gasteiger partial charge in [0, 0.05) is 6.07 Å². The molecule has 0 bridgehead atoms. The maximum Gasteiger partial charge on any atom is 0.293 e. The quantitative estimate of drug-likeness (QED) is 0.136. The third kappa shape index (κ3) is 5.57. The molecular formula is C21H18IN3O5. The van der Waals surface area contributed by atoms with Crippen LogP contribution < -0.4 is 14.8 Å². The van der Waals surface area contributed by atoms with E-state index in [1.54, 1.807) is 31.2 Å². The van der Waals surface area contributed by atoms with E-state index < -0.39 is 10.8 Å². The fourth-order valence-corrected chi connectivity index (χ4v) is 3.29. The molecule has 0 aliphatic carbocycles. The van der Waals surface area contributed by atoms with E-state index in [1.165, 1.54) is 25.3 Å². The van der Waals surface area contributed by atoms with Gasteiger partial charge in [0.05, 0.1) is 15.6 Å². The maximum absolute atomic E-state index is 12.6. The zero-order chi connectivity index (χ0) is 22.3. The minimum absolute atomic E-state index is 0.0112. The summed E-state index contributed by atoms with van der Waals surface area (Å²) in [5, 5.41) is 23.1. The van der Waals surface area contributed by atoms with Gasteiger partial charge in [0.2, 0.25) is 0 Å². The summed E-state index contributed by atoms with van der Waals surface area (Å²) < 4.78 is 11.6. The third-order valence-electron chi connectivity index (χ3n) is 3.87. The second-order valence-corrected chi connectivity index (χ2v) is 7.20. The molecule has 0 aromatic heterocycles. The van der Waals surface area contributed by atoms with Crippen LogP contribution in [0.25, 0.3) is 6.08 Å². The smallest absolute Gasteiger partial charge is 0.293 e. The van der Waals surface area contributed by atoms with Gasteiger partial charge in [0.25, 0.3) is 11.6 Å². The summed E-state index contributed by atoms with van der Waals surface area (Å²) in [7, 11) is 1.48. The second kappa shape index (κ2) is 10.4. The fourth-order valence-electron chi connectivity index (χ4n) is 2.51. The lowest BCUT2D eigenvalue weighted by Gasteiger charge is -2.12. The summed E-state index contributed by atoms with van der Waals surface area (Å²) in [4.78, 5) is 23.2. The molecule has 0 heterocycles. The topological polar surface area (TPSA) is 114 Å². The van der Waals surface area contributed by atoms with Crippen molar-refractivity contribution in [2.75, 3.05) is 19.0 Å². The van der Waals surface area contributed by atoms with Crippen molar-refractivity contribution < 1.29 is 19.2 Å². The number of rotatable bonds is 8. The number of halogens is 1. The number of nitro groups is 1. The van der Waals surface area contributed by atoms with Crippen molar-refractivity contribution >= 4 is 45.9 Å². The van der Waals surface area contributed by atoms with Crippen LogP contribution in [0.15, 0.2) is 48.6 Å². The molecule has 2 aromatic carbocycles. The lowest BCUT2D eigenvalue weighted by molar-refractivity contribution is -0.384. The van der Waals surface area contributed by atoms with Crippen molar-refractivity contribution in [2.45, 2.75) is 6.92 Å². The predicted octanol–water partition coefficient (Wildman–Crippen LogP) is 4.63. The first kappa shape index (κ1) is 22.9. The van der Waals surface area contributed by atoms with Gasteiger partial charge in [-0.3, -0.25) is 14.9 Å². The number of nitriles is 1. The van der Waals surface area contributed by atoms with E-state index in [2.05, 4.69) is 34.5 Å². The Morgan fingerprint density at radius 1 is 1.40 bits per heavy atom. The van der Waals surface area contributed by atoms with Crippen LogP contribution in [-0.2, 0) is 4.79 Å². The standard InChI is InChI=1S/C21H18IN3O5/c1-4-7-30-20-16(22)10-14(11-19(20)29-3)9-15(12-23)21(26)24-17-6-5-13(2)8-18(17)25(27)28/h4-6,8-11H,1,7H2,2-3H3,(H,24,26)/b15-9+. The molecule has 154 valence electrons. The number of carbonyl (C=O) groups excluding carboxylic acids is 1. The number of anilines is 1. The Hall–Kier alpha value is -3.39. The Morgan fingerprint density at radius 3 is 2.73 bits per heavy atom. The number of amides is 1. The van der Waals surface area contributed by atoms with Crippen molar-refractivity contribution in [3.63, 3.8) is 0 Å².